The van der Waals surface area contributed by atoms with E-state index in [-0.39, 0.29) is 5.54 Å². The molecule has 0 aromatic heterocycles. The van der Waals surface area contributed by atoms with Gasteiger partial charge < -0.3 is 10.5 Å². The molecule has 0 bridgehead atoms. The van der Waals surface area contributed by atoms with E-state index in [0.29, 0.717) is 6.10 Å². The second-order valence-electron chi connectivity index (χ2n) is 6.30. The van der Waals surface area contributed by atoms with Crippen LogP contribution in [-0.2, 0) is 4.74 Å². The molecule has 2 atom stereocenters. The van der Waals surface area contributed by atoms with Gasteiger partial charge >= 0.3 is 0 Å². The molecule has 1 aliphatic heterocycles. The Morgan fingerprint density at radius 1 is 1.44 bits per heavy atom. The fraction of sp³-hybridized carbons (Fsp3) is 1.00. The fourth-order valence-electron chi connectivity index (χ4n) is 2.79. The SMILES string of the molecule is CCOC1CCCN(C(C)(CN)CCC(C)C)C1. The summed E-state index contributed by atoms with van der Waals surface area (Å²) in [5.74, 6) is 0.753. The Hall–Kier alpha value is -0.120. The summed E-state index contributed by atoms with van der Waals surface area (Å²) in [5.41, 5.74) is 6.21. The molecular formula is C15H32N2O. The fourth-order valence-corrected chi connectivity index (χ4v) is 2.79. The largest absolute Gasteiger partial charge is 0.377 e. The zero-order chi connectivity index (χ0) is 13.6. The molecule has 1 aliphatic rings. The van der Waals surface area contributed by atoms with Crippen molar-refractivity contribution in [1.82, 2.24) is 4.90 Å². The van der Waals surface area contributed by atoms with Crippen LogP contribution < -0.4 is 5.73 Å². The molecule has 0 aromatic rings. The minimum Gasteiger partial charge on any atom is -0.377 e. The number of nitrogens with two attached hydrogens (primary N) is 1. The Bertz CT molecular complexity index is 231. The molecule has 18 heavy (non-hydrogen) atoms. The lowest BCUT2D eigenvalue weighted by Crippen LogP contribution is -2.56. The smallest absolute Gasteiger partial charge is 0.0702 e. The monoisotopic (exact) mass is 256 g/mol. The lowest BCUT2D eigenvalue weighted by Gasteiger charge is -2.45. The van der Waals surface area contributed by atoms with Gasteiger partial charge in [0.15, 0.2) is 0 Å². The minimum atomic E-state index is 0.153. The van der Waals surface area contributed by atoms with Crippen molar-refractivity contribution in [3.63, 3.8) is 0 Å². The van der Waals surface area contributed by atoms with Gasteiger partial charge in [0.1, 0.15) is 0 Å². The van der Waals surface area contributed by atoms with Crippen LogP contribution in [0.15, 0.2) is 0 Å². The molecule has 0 radical (unpaired) electrons. The first-order valence-corrected chi connectivity index (χ1v) is 7.58. The number of nitrogens with zero attached hydrogens (tertiary/aromatic N) is 1. The molecule has 2 unspecified atom stereocenters. The van der Waals surface area contributed by atoms with Gasteiger partial charge in [-0.25, -0.2) is 0 Å². The summed E-state index contributed by atoms with van der Waals surface area (Å²) >= 11 is 0. The molecule has 3 heteroatoms. The third kappa shape index (κ3) is 4.52. The Morgan fingerprint density at radius 3 is 2.72 bits per heavy atom. The maximum absolute atomic E-state index is 6.06. The number of piperidine rings is 1. The molecule has 2 N–H and O–H groups in total. The number of likely N-dealkylation sites (tertiary alicyclic amines) is 1. The van der Waals surface area contributed by atoms with Gasteiger partial charge in [0, 0.05) is 25.2 Å². The average Bonchev–Trinajstić information content (AvgIpc) is 2.37. The minimum absolute atomic E-state index is 0.153. The highest BCUT2D eigenvalue weighted by atomic mass is 16.5. The molecule has 0 aliphatic carbocycles. The molecule has 108 valence electrons. The molecule has 1 heterocycles. The van der Waals surface area contributed by atoms with Crippen LogP contribution in [-0.4, -0.2) is 42.8 Å². The lowest BCUT2D eigenvalue weighted by molar-refractivity contribution is -0.0312. The quantitative estimate of drug-likeness (QED) is 0.761. The zero-order valence-electron chi connectivity index (χ0n) is 12.7. The van der Waals surface area contributed by atoms with Crippen molar-refractivity contribution in [3.05, 3.63) is 0 Å². The second-order valence-corrected chi connectivity index (χ2v) is 6.30. The van der Waals surface area contributed by atoms with Gasteiger partial charge in [0.05, 0.1) is 6.10 Å². The summed E-state index contributed by atoms with van der Waals surface area (Å²) in [4.78, 5) is 2.57. The Labute approximate surface area is 113 Å². The van der Waals surface area contributed by atoms with Gasteiger partial charge in [0.25, 0.3) is 0 Å². The van der Waals surface area contributed by atoms with Crippen molar-refractivity contribution < 1.29 is 4.74 Å². The third-order valence-electron chi connectivity index (χ3n) is 4.24. The highest BCUT2D eigenvalue weighted by Crippen LogP contribution is 2.27. The molecule has 0 spiro atoms. The van der Waals surface area contributed by atoms with E-state index in [1.54, 1.807) is 0 Å². The standard InChI is InChI=1S/C15H32N2O/c1-5-18-14-7-6-10-17(11-14)15(4,12-16)9-8-13(2)3/h13-14H,5-12,16H2,1-4H3. The maximum Gasteiger partial charge on any atom is 0.0702 e. The van der Waals surface area contributed by atoms with Crippen LogP contribution in [0.4, 0.5) is 0 Å². The highest BCUT2D eigenvalue weighted by Gasteiger charge is 2.34. The van der Waals surface area contributed by atoms with Gasteiger partial charge in [-0.2, -0.15) is 0 Å². The Morgan fingerprint density at radius 2 is 2.17 bits per heavy atom. The van der Waals surface area contributed by atoms with Crippen molar-refractivity contribution >= 4 is 0 Å². The van der Waals surface area contributed by atoms with Crippen LogP contribution in [0.5, 0.6) is 0 Å². The van der Waals surface area contributed by atoms with Gasteiger partial charge in [-0.05, 0) is 52.0 Å². The van der Waals surface area contributed by atoms with E-state index in [9.17, 15) is 0 Å². The first kappa shape index (κ1) is 15.9. The van der Waals surface area contributed by atoms with E-state index < -0.39 is 0 Å². The third-order valence-corrected chi connectivity index (χ3v) is 4.24. The lowest BCUT2D eigenvalue weighted by atomic mass is 9.88. The second kappa shape index (κ2) is 7.46. The highest BCUT2D eigenvalue weighted by molar-refractivity contribution is 4.91. The molecule has 1 rings (SSSR count). The molecule has 1 saturated heterocycles. The topological polar surface area (TPSA) is 38.5 Å². The van der Waals surface area contributed by atoms with Crippen molar-refractivity contribution in [1.29, 1.82) is 0 Å². The summed E-state index contributed by atoms with van der Waals surface area (Å²) in [6.45, 7) is 12.8. The normalized spacial score (nSPS) is 25.3. The van der Waals surface area contributed by atoms with Crippen molar-refractivity contribution in [2.45, 2.75) is 65.0 Å². The Balaban J connectivity index is 2.56. The van der Waals surface area contributed by atoms with E-state index in [4.69, 9.17) is 10.5 Å². The van der Waals surface area contributed by atoms with Crippen LogP contribution in [0, 0.1) is 5.92 Å². The van der Waals surface area contributed by atoms with Crippen molar-refractivity contribution in [2.75, 3.05) is 26.2 Å². The van der Waals surface area contributed by atoms with Crippen molar-refractivity contribution in [3.8, 4) is 0 Å². The average molecular weight is 256 g/mol. The number of hydrogen-bond donors (Lipinski definition) is 1. The van der Waals surface area contributed by atoms with E-state index in [0.717, 1.165) is 25.6 Å². The zero-order valence-corrected chi connectivity index (χ0v) is 12.7. The first-order chi connectivity index (χ1) is 8.51. The molecule has 0 aromatic carbocycles. The number of hydrogen-bond acceptors (Lipinski definition) is 3. The van der Waals surface area contributed by atoms with E-state index >= 15 is 0 Å². The molecule has 3 nitrogen and oxygen atoms in total. The van der Waals surface area contributed by atoms with Gasteiger partial charge in [-0.1, -0.05) is 13.8 Å². The summed E-state index contributed by atoms with van der Waals surface area (Å²) < 4.78 is 5.80. The van der Waals surface area contributed by atoms with Crippen LogP contribution in [0.2, 0.25) is 0 Å². The summed E-state index contributed by atoms with van der Waals surface area (Å²) in [6.07, 6.45) is 5.30. The van der Waals surface area contributed by atoms with E-state index in [1.165, 1.54) is 32.2 Å². The van der Waals surface area contributed by atoms with Gasteiger partial charge in [-0.3, -0.25) is 4.90 Å². The van der Waals surface area contributed by atoms with Crippen LogP contribution in [0.3, 0.4) is 0 Å². The summed E-state index contributed by atoms with van der Waals surface area (Å²) in [7, 11) is 0. The van der Waals surface area contributed by atoms with Gasteiger partial charge in [-0.15, -0.1) is 0 Å². The number of rotatable bonds is 7. The van der Waals surface area contributed by atoms with Gasteiger partial charge in [0.2, 0.25) is 0 Å². The summed E-state index contributed by atoms with van der Waals surface area (Å²) in [5, 5.41) is 0. The van der Waals surface area contributed by atoms with Crippen LogP contribution in [0.25, 0.3) is 0 Å². The van der Waals surface area contributed by atoms with E-state index in [1.807, 2.05) is 0 Å². The molecule has 1 fully saturated rings. The predicted molar refractivity (Wildman–Crippen MR) is 77.8 cm³/mol. The van der Waals surface area contributed by atoms with Crippen LogP contribution in [0.1, 0.15) is 53.4 Å². The van der Waals surface area contributed by atoms with Crippen molar-refractivity contribution in [2.24, 2.45) is 11.7 Å². The molecule has 0 amide bonds. The van der Waals surface area contributed by atoms with Crippen LogP contribution >= 0.6 is 0 Å². The molecular weight excluding hydrogens is 224 g/mol. The number of ether oxygens (including phenoxy) is 1. The van der Waals surface area contributed by atoms with E-state index in [2.05, 4.69) is 32.6 Å². The maximum atomic E-state index is 6.06. The predicted octanol–water partition coefficient (Wildman–Crippen LogP) is 2.64. The Kier molecular flexibility index (Phi) is 6.61. The summed E-state index contributed by atoms with van der Waals surface area (Å²) in [6, 6.07) is 0. The molecule has 0 saturated carbocycles. The first-order valence-electron chi connectivity index (χ1n) is 7.58.